The van der Waals surface area contributed by atoms with E-state index in [0.29, 0.717) is 25.0 Å². The zero-order chi connectivity index (χ0) is 13.5. The molecule has 2 aliphatic heterocycles. The minimum Gasteiger partial charge on any atom is -0.396 e. The SMILES string of the molecule is OCC1CCCN(CCCN2CCCC(CO)C2)C1. The van der Waals surface area contributed by atoms with Crippen molar-refractivity contribution in [2.75, 3.05) is 52.5 Å². The van der Waals surface area contributed by atoms with Crippen molar-refractivity contribution < 1.29 is 10.2 Å². The first-order chi connectivity index (χ1) is 9.31. The summed E-state index contributed by atoms with van der Waals surface area (Å²) in [5.41, 5.74) is 0. The molecule has 2 atom stereocenters. The van der Waals surface area contributed by atoms with E-state index in [2.05, 4.69) is 9.80 Å². The standard InChI is InChI=1S/C15H30N2O2/c18-12-14-4-1-6-16(10-14)8-3-9-17-7-2-5-15(11-17)13-19/h14-15,18-19H,1-13H2. The second-order valence-corrected chi connectivity index (χ2v) is 6.34. The summed E-state index contributed by atoms with van der Waals surface area (Å²) in [5.74, 6) is 1.00. The molecule has 0 amide bonds. The van der Waals surface area contributed by atoms with Crippen LogP contribution in [0.4, 0.5) is 0 Å². The summed E-state index contributed by atoms with van der Waals surface area (Å²) in [6.07, 6.45) is 6.08. The van der Waals surface area contributed by atoms with Gasteiger partial charge in [-0.25, -0.2) is 0 Å². The van der Waals surface area contributed by atoms with Crippen LogP contribution in [-0.4, -0.2) is 72.5 Å². The molecular weight excluding hydrogens is 240 g/mol. The lowest BCUT2D eigenvalue weighted by molar-refractivity contribution is 0.101. The topological polar surface area (TPSA) is 46.9 Å². The first kappa shape index (κ1) is 15.2. The maximum atomic E-state index is 9.24. The van der Waals surface area contributed by atoms with Crippen LogP contribution in [0.25, 0.3) is 0 Å². The van der Waals surface area contributed by atoms with Crippen LogP contribution >= 0.6 is 0 Å². The van der Waals surface area contributed by atoms with Crippen molar-refractivity contribution in [3.8, 4) is 0 Å². The predicted octanol–water partition coefficient (Wildman–Crippen LogP) is 0.785. The number of piperidine rings is 2. The summed E-state index contributed by atoms with van der Waals surface area (Å²) >= 11 is 0. The third-order valence-corrected chi connectivity index (χ3v) is 4.67. The number of rotatable bonds is 6. The lowest BCUT2D eigenvalue weighted by atomic mass is 9.98. The fourth-order valence-corrected chi connectivity index (χ4v) is 3.52. The van der Waals surface area contributed by atoms with Gasteiger partial charge in [-0.3, -0.25) is 0 Å². The molecule has 2 fully saturated rings. The Kier molecular flexibility index (Phi) is 6.57. The van der Waals surface area contributed by atoms with Gasteiger partial charge in [0.1, 0.15) is 0 Å². The van der Waals surface area contributed by atoms with Crippen LogP contribution in [0.3, 0.4) is 0 Å². The quantitative estimate of drug-likeness (QED) is 0.749. The molecule has 4 nitrogen and oxygen atoms in total. The van der Waals surface area contributed by atoms with Crippen molar-refractivity contribution in [1.82, 2.24) is 9.80 Å². The van der Waals surface area contributed by atoms with Gasteiger partial charge in [0.15, 0.2) is 0 Å². The molecule has 4 heteroatoms. The van der Waals surface area contributed by atoms with Crippen LogP contribution in [0, 0.1) is 11.8 Å². The molecule has 2 N–H and O–H groups in total. The van der Waals surface area contributed by atoms with E-state index in [1.165, 1.54) is 45.2 Å². The van der Waals surface area contributed by atoms with Gasteiger partial charge in [0, 0.05) is 26.3 Å². The largest absolute Gasteiger partial charge is 0.396 e. The minimum atomic E-state index is 0.348. The van der Waals surface area contributed by atoms with Gasteiger partial charge in [-0.15, -0.1) is 0 Å². The van der Waals surface area contributed by atoms with Gasteiger partial charge in [-0.05, 0) is 70.1 Å². The summed E-state index contributed by atoms with van der Waals surface area (Å²) in [6, 6.07) is 0. The number of hydrogen-bond acceptors (Lipinski definition) is 4. The molecule has 0 aromatic rings. The molecule has 0 aromatic carbocycles. The Balaban J connectivity index is 1.60. The average molecular weight is 270 g/mol. The van der Waals surface area contributed by atoms with E-state index in [1.807, 2.05) is 0 Å². The van der Waals surface area contributed by atoms with Crippen molar-refractivity contribution in [3.05, 3.63) is 0 Å². The van der Waals surface area contributed by atoms with Gasteiger partial charge in [0.2, 0.25) is 0 Å². The van der Waals surface area contributed by atoms with E-state index in [0.717, 1.165) is 26.2 Å². The van der Waals surface area contributed by atoms with Gasteiger partial charge in [-0.1, -0.05) is 0 Å². The predicted molar refractivity (Wildman–Crippen MR) is 77.1 cm³/mol. The number of hydrogen-bond donors (Lipinski definition) is 2. The van der Waals surface area contributed by atoms with Gasteiger partial charge in [0.25, 0.3) is 0 Å². The van der Waals surface area contributed by atoms with Crippen LogP contribution in [0.15, 0.2) is 0 Å². The highest BCUT2D eigenvalue weighted by molar-refractivity contribution is 4.75. The molecule has 19 heavy (non-hydrogen) atoms. The molecule has 0 radical (unpaired) electrons. The summed E-state index contributed by atoms with van der Waals surface area (Å²) in [6.45, 7) is 7.59. The molecule has 0 spiro atoms. The Morgan fingerprint density at radius 1 is 0.789 bits per heavy atom. The van der Waals surface area contributed by atoms with Crippen LogP contribution in [0.2, 0.25) is 0 Å². The van der Waals surface area contributed by atoms with E-state index >= 15 is 0 Å². The van der Waals surface area contributed by atoms with Crippen molar-refractivity contribution in [2.24, 2.45) is 11.8 Å². The lowest BCUT2D eigenvalue weighted by Gasteiger charge is -2.34. The first-order valence-corrected chi connectivity index (χ1v) is 7.98. The highest BCUT2D eigenvalue weighted by Gasteiger charge is 2.21. The maximum absolute atomic E-state index is 9.24. The van der Waals surface area contributed by atoms with E-state index < -0.39 is 0 Å². The molecule has 2 saturated heterocycles. The molecule has 0 saturated carbocycles. The molecule has 112 valence electrons. The number of likely N-dealkylation sites (tertiary alicyclic amines) is 2. The molecule has 2 rings (SSSR count). The smallest absolute Gasteiger partial charge is 0.0471 e. The van der Waals surface area contributed by atoms with E-state index in [9.17, 15) is 10.2 Å². The first-order valence-electron chi connectivity index (χ1n) is 7.98. The molecule has 2 aliphatic rings. The number of nitrogens with zero attached hydrogens (tertiary/aromatic N) is 2. The molecule has 2 heterocycles. The van der Waals surface area contributed by atoms with Crippen molar-refractivity contribution in [3.63, 3.8) is 0 Å². The monoisotopic (exact) mass is 270 g/mol. The molecule has 2 unspecified atom stereocenters. The van der Waals surface area contributed by atoms with E-state index in [4.69, 9.17) is 0 Å². The Morgan fingerprint density at radius 2 is 1.26 bits per heavy atom. The molecule has 0 aliphatic carbocycles. The fraction of sp³-hybridized carbons (Fsp3) is 1.00. The maximum Gasteiger partial charge on any atom is 0.0471 e. The number of aliphatic hydroxyl groups excluding tert-OH is 2. The Morgan fingerprint density at radius 3 is 1.68 bits per heavy atom. The zero-order valence-electron chi connectivity index (χ0n) is 12.1. The second kappa shape index (κ2) is 8.20. The van der Waals surface area contributed by atoms with E-state index in [1.54, 1.807) is 0 Å². The van der Waals surface area contributed by atoms with Crippen molar-refractivity contribution in [2.45, 2.75) is 32.1 Å². The van der Waals surface area contributed by atoms with Gasteiger partial charge >= 0.3 is 0 Å². The fourth-order valence-electron chi connectivity index (χ4n) is 3.52. The molecule has 0 aromatic heterocycles. The molecular formula is C15H30N2O2. The van der Waals surface area contributed by atoms with Crippen LogP contribution < -0.4 is 0 Å². The second-order valence-electron chi connectivity index (χ2n) is 6.34. The summed E-state index contributed by atoms with van der Waals surface area (Å²) in [5, 5.41) is 18.5. The Labute approximate surface area is 117 Å². The van der Waals surface area contributed by atoms with Crippen LogP contribution in [0.1, 0.15) is 32.1 Å². The van der Waals surface area contributed by atoms with Gasteiger partial charge < -0.3 is 20.0 Å². The van der Waals surface area contributed by atoms with Gasteiger partial charge in [0.05, 0.1) is 0 Å². The normalized spacial score (nSPS) is 30.6. The van der Waals surface area contributed by atoms with Crippen molar-refractivity contribution in [1.29, 1.82) is 0 Å². The summed E-state index contributed by atoms with van der Waals surface area (Å²) < 4.78 is 0. The molecule has 0 bridgehead atoms. The Hall–Kier alpha value is -0.160. The van der Waals surface area contributed by atoms with Crippen LogP contribution in [0.5, 0.6) is 0 Å². The third-order valence-electron chi connectivity index (χ3n) is 4.67. The number of aliphatic hydroxyl groups is 2. The average Bonchev–Trinajstić information content (AvgIpc) is 2.48. The highest BCUT2D eigenvalue weighted by atomic mass is 16.3. The summed E-state index contributed by atoms with van der Waals surface area (Å²) in [7, 11) is 0. The Bertz CT molecular complexity index is 226. The third kappa shape index (κ3) is 5.03. The van der Waals surface area contributed by atoms with Crippen LogP contribution in [-0.2, 0) is 0 Å². The zero-order valence-corrected chi connectivity index (χ0v) is 12.1. The van der Waals surface area contributed by atoms with Gasteiger partial charge in [-0.2, -0.15) is 0 Å². The van der Waals surface area contributed by atoms with Crippen molar-refractivity contribution >= 4 is 0 Å². The lowest BCUT2D eigenvalue weighted by Crippen LogP contribution is -2.40. The summed E-state index contributed by atoms with van der Waals surface area (Å²) in [4.78, 5) is 5.02. The minimum absolute atomic E-state index is 0.348. The van der Waals surface area contributed by atoms with E-state index in [-0.39, 0.29) is 0 Å². The highest BCUT2D eigenvalue weighted by Crippen LogP contribution is 2.18.